The zero-order valence-electron chi connectivity index (χ0n) is 19.0. The molecule has 8 heteroatoms. The molecule has 0 bridgehead atoms. The van der Waals surface area contributed by atoms with Gasteiger partial charge in [-0.3, -0.25) is 4.79 Å². The molecule has 4 aromatic rings. The van der Waals surface area contributed by atoms with Gasteiger partial charge in [0.25, 0.3) is 5.91 Å². The first kappa shape index (κ1) is 23.3. The van der Waals surface area contributed by atoms with E-state index >= 15 is 0 Å². The van der Waals surface area contributed by atoms with Gasteiger partial charge in [0.05, 0.1) is 6.61 Å². The maximum Gasteiger partial charge on any atom is 0.341 e. The van der Waals surface area contributed by atoms with Crippen LogP contribution in [0.5, 0.6) is 5.75 Å². The highest BCUT2D eigenvalue weighted by atomic mass is 32.1. The van der Waals surface area contributed by atoms with Gasteiger partial charge in [0, 0.05) is 28.0 Å². The molecular formula is C26H23NO6S. The van der Waals surface area contributed by atoms with Gasteiger partial charge in [-0.15, -0.1) is 11.3 Å². The maximum atomic E-state index is 12.8. The molecule has 0 aliphatic heterocycles. The van der Waals surface area contributed by atoms with Gasteiger partial charge >= 0.3 is 11.6 Å². The molecule has 0 saturated heterocycles. The highest BCUT2D eigenvalue weighted by Crippen LogP contribution is 2.40. The second kappa shape index (κ2) is 9.93. The van der Waals surface area contributed by atoms with E-state index in [9.17, 15) is 14.4 Å². The van der Waals surface area contributed by atoms with Crippen molar-refractivity contribution in [2.24, 2.45) is 0 Å². The van der Waals surface area contributed by atoms with Crippen LogP contribution in [0.3, 0.4) is 0 Å². The number of rotatable bonds is 7. The number of esters is 1. The molecule has 34 heavy (non-hydrogen) atoms. The Labute approximate surface area is 199 Å². The summed E-state index contributed by atoms with van der Waals surface area (Å²) in [5.41, 5.74) is 2.66. The van der Waals surface area contributed by atoms with Crippen LogP contribution in [0.1, 0.15) is 27.7 Å². The van der Waals surface area contributed by atoms with Crippen molar-refractivity contribution in [3.05, 3.63) is 81.0 Å². The van der Waals surface area contributed by atoms with Crippen molar-refractivity contribution in [3.63, 3.8) is 0 Å². The fraction of sp³-hybridized carbons (Fsp3) is 0.192. The quantitative estimate of drug-likeness (QED) is 0.285. The molecule has 0 fully saturated rings. The minimum absolute atomic E-state index is 0.218. The number of carbonyl (C=O) groups is 2. The average molecular weight is 478 g/mol. The van der Waals surface area contributed by atoms with Crippen molar-refractivity contribution in [2.75, 3.05) is 18.5 Å². The lowest BCUT2D eigenvalue weighted by Gasteiger charge is -2.10. The van der Waals surface area contributed by atoms with Crippen molar-refractivity contribution >= 4 is 39.2 Å². The van der Waals surface area contributed by atoms with Crippen LogP contribution in [-0.2, 0) is 9.53 Å². The second-order valence-electron chi connectivity index (χ2n) is 7.57. The van der Waals surface area contributed by atoms with Crippen LogP contribution in [-0.4, -0.2) is 25.1 Å². The van der Waals surface area contributed by atoms with Gasteiger partial charge in [0.2, 0.25) is 0 Å². The Morgan fingerprint density at radius 1 is 1.06 bits per heavy atom. The van der Waals surface area contributed by atoms with E-state index < -0.39 is 17.5 Å². The van der Waals surface area contributed by atoms with Gasteiger partial charge in [-0.1, -0.05) is 30.3 Å². The lowest BCUT2D eigenvalue weighted by atomic mass is 10.0. The molecule has 0 radical (unpaired) electrons. The Bertz CT molecular complexity index is 1420. The number of ether oxygens (including phenoxy) is 2. The minimum atomic E-state index is -0.498. The van der Waals surface area contributed by atoms with Crippen LogP contribution in [0.15, 0.2) is 63.8 Å². The molecular weight excluding hydrogens is 454 g/mol. The number of amides is 1. The normalized spacial score (nSPS) is 10.8. The Morgan fingerprint density at radius 3 is 2.56 bits per heavy atom. The van der Waals surface area contributed by atoms with Crippen LogP contribution in [0.2, 0.25) is 0 Å². The fourth-order valence-corrected chi connectivity index (χ4v) is 4.77. The Kier molecular flexibility index (Phi) is 6.79. The summed E-state index contributed by atoms with van der Waals surface area (Å²) in [4.78, 5) is 38.0. The molecule has 1 N–H and O–H groups in total. The first-order valence-corrected chi connectivity index (χ1v) is 11.5. The zero-order valence-corrected chi connectivity index (χ0v) is 19.8. The van der Waals surface area contributed by atoms with E-state index in [1.165, 1.54) is 17.4 Å². The number of thiophene rings is 1. The highest BCUT2D eigenvalue weighted by molar-refractivity contribution is 7.17. The number of aryl methyl sites for hydroxylation is 2. The third kappa shape index (κ3) is 4.87. The Hall–Kier alpha value is -3.91. The number of hydrogen-bond donors (Lipinski definition) is 1. The van der Waals surface area contributed by atoms with Gasteiger partial charge < -0.3 is 19.2 Å². The molecule has 2 aromatic carbocycles. The number of fused-ring (bicyclic) bond motifs is 1. The Balaban J connectivity index is 1.55. The highest BCUT2D eigenvalue weighted by Gasteiger charge is 2.25. The van der Waals surface area contributed by atoms with Crippen LogP contribution in [0, 0.1) is 13.8 Å². The molecule has 0 aliphatic rings. The molecule has 2 aromatic heterocycles. The van der Waals surface area contributed by atoms with E-state index in [1.54, 1.807) is 25.1 Å². The van der Waals surface area contributed by atoms with E-state index in [1.807, 2.05) is 44.2 Å². The molecule has 174 valence electrons. The van der Waals surface area contributed by atoms with E-state index in [-0.39, 0.29) is 13.2 Å². The van der Waals surface area contributed by atoms with Crippen LogP contribution >= 0.6 is 11.3 Å². The summed E-state index contributed by atoms with van der Waals surface area (Å²) in [6.45, 7) is 5.38. The van der Waals surface area contributed by atoms with E-state index in [2.05, 4.69) is 5.32 Å². The molecule has 0 spiro atoms. The molecule has 0 atom stereocenters. The van der Waals surface area contributed by atoms with E-state index in [0.717, 1.165) is 27.0 Å². The van der Waals surface area contributed by atoms with E-state index in [4.69, 9.17) is 13.9 Å². The van der Waals surface area contributed by atoms with Crippen molar-refractivity contribution in [1.82, 2.24) is 0 Å². The summed E-state index contributed by atoms with van der Waals surface area (Å²) >= 11 is 1.31. The number of hydrogen-bond acceptors (Lipinski definition) is 7. The molecule has 2 heterocycles. The number of nitrogens with one attached hydrogen (secondary N) is 1. The van der Waals surface area contributed by atoms with Gasteiger partial charge in [0.15, 0.2) is 6.61 Å². The Morgan fingerprint density at radius 2 is 1.82 bits per heavy atom. The van der Waals surface area contributed by atoms with E-state index in [0.29, 0.717) is 21.9 Å². The number of carbonyl (C=O) groups excluding carboxylic acids is 2. The molecule has 1 amide bonds. The third-order valence-corrected chi connectivity index (χ3v) is 6.19. The summed E-state index contributed by atoms with van der Waals surface area (Å²) in [5, 5.41) is 3.98. The average Bonchev–Trinajstić information content (AvgIpc) is 3.13. The molecule has 0 aliphatic carbocycles. The van der Waals surface area contributed by atoms with Crippen LogP contribution < -0.4 is 15.7 Å². The molecule has 0 unspecified atom stereocenters. The predicted octanol–water partition coefficient (Wildman–Crippen LogP) is 5.33. The topological polar surface area (TPSA) is 94.8 Å². The smallest absolute Gasteiger partial charge is 0.341 e. The summed E-state index contributed by atoms with van der Waals surface area (Å²) < 4.78 is 16.1. The summed E-state index contributed by atoms with van der Waals surface area (Å²) in [6.07, 6.45) is 0. The zero-order chi connectivity index (χ0) is 24.2. The second-order valence-corrected chi connectivity index (χ2v) is 8.79. The summed E-state index contributed by atoms with van der Waals surface area (Å²) in [6, 6.07) is 16.0. The molecule has 4 rings (SSSR count). The standard InChI is InChI=1S/C26H23NO6S/c1-4-31-26(30)24-23(17-8-6-5-7-9-17)16(3)34-25(24)27-21(28)14-32-18-10-11-19-15(2)12-22(29)33-20(19)13-18/h5-13H,4,14H2,1-3H3,(H,27,28). The van der Waals surface area contributed by atoms with Crippen LogP contribution in [0.25, 0.3) is 22.1 Å². The monoisotopic (exact) mass is 477 g/mol. The van der Waals surface area contributed by atoms with Crippen molar-refractivity contribution in [2.45, 2.75) is 20.8 Å². The molecule has 0 saturated carbocycles. The summed E-state index contributed by atoms with van der Waals surface area (Å²) in [7, 11) is 0. The first-order valence-electron chi connectivity index (χ1n) is 10.7. The minimum Gasteiger partial charge on any atom is -0.484 e. The first-order chi connectivity index (χ1) is 16.4. The fourth-order valence-electron chi connectivity index (χ4n) is 3.69. The lowest BCUT2D eigenvalue weighted by molar-refractivity contribution is -0.118. The molecule has 7 nitrogen and oxygen atoms in total. The van der Waals surface area contributed by atoms with Crippen molar-refractivity contribution in [1.29, 1.82) is 0 Å². The third-order valence-electron chi connectivity index (χ3n) is 5.17. The lowest BCUT2D eigenvalue weighted by Crippen LogP contribution is -2.21. The van der Waals surface area contributed by atoms with Gasteiger partial charge in [0.1, 0.15) is 21.9 Å². The van der Waals surface area contributed by atoms with Gasteiger partial charge in [-0.05, 0) is 44.0 Å². The van der Waals surface area contributed by atoms with Crippen molar-refractivity contribution < 1.29 is 23.5 Å². The summed E-state index contributed by atoms with van der Waals surface area (Å²) in [5.74, 6) is -0.548. The predicted molar refractivity (Wildman–Crippen MR) is 132 cm³/mol. The van der Waals surface area contributed by atoms with Gasteiger partial charge in [-0.2, -0.15) is 0 Å². The largest absolute Gasteiger partial charge is 0.484 e. The van der Waals surface area contributed by atoms with Crippen LogP contribution in [0.4, 0.5) is 5.00 Å². The van der Waals surface area contributed by atoms with Gasteiger partial charge in [-0.25, -0.2) is 9.59 Å². The number of anilines is 1. The maximum absolute atomic E-state index is 12.8. The number of benzene rings is 2. The SMILES string of the molecule is CCOC(=O)c1c(NC(=O)COc2ccc3c(C)cc(=O)oc3c2)sc(C)c1-c1ccccc1. The van der Waals surface area contributed by atoms with Crippen molar-refractivity contribution in [3.8, 4) is 16.9 Å².